The summed E-state index contributed by atoms with van der Waals surface area (Å²) in [5, 5.41) is 3.38. The molecule has 1 aromatic rings. The van der Waals surface area contributed by atoms with E-state index >= 15 is 0 Å². The lowest BCUT2D eigenvalue weighted by molar-refractivity contribution is -0.150. The van der Waals surface area contributed by atoms with Crippen molar-refractivity contribution in [2.75, 3.05) is 32.1 Å². The number of methoxy groups -OCH3 is 1. The molecule has 138 valence electrons. The second-order valence-electron chi connectivity index (χ2n) is 6.10. The van der Waals surface area contributed by atoms with Crippen LogP contribution in [0.1, 0.15) is 26.7 Å². The third-order valence-electron chi connectivity index (χ3n) is 4.42. The van der Waals surface area contributed by atoms with E-state index < -0.39 is 0 Å². The van der Waals surface area contributed by atoms with E-state index in [1.165, 1.54) is 7.11 Å². The maximum Gasteiger partial charge on any atom is 0.310 e. The zero-order chi connectivity index (χ0) is 18.4. The number of esters is 1. The number of anilines is 1. The Labute approximate surface area is 153 Å². The Hall–Kier alpha value is -1.79. The number of nitrogens with one attached hydrogen (secondary N) is 1. The topological polar surface area (TPSA) is 67.9 Å². The number of benzene rings is 1. The lowest BCUT2D eigenvalue weighted by Crippen LogP contribution is -2.48. The molecule has 7 heteroatoms. The predicted octanol–water partition coefficient (Wildman–Crippen LogP) is 2.95. The van der Waals surface area contributed by atoms with Crippen LogP contribution in [0.5, 0.6) is 5.75 Å². The minimum Gasteiger partial charge on any atom is -0.495 e. The number of piperidine rings is 1. The molecule has 1 amide bonds. The monoisotopic (exact) mass is 368 g/mol. The van der Waals surface area contributed by atoms with Crippen LogP contribution in [0.25, 0.3) is 0 Å². The van der Waals surface area contributed by atoms with Crippen molar-refractivity contribution in [3.05, 3.63) is 23.2 Å². The second-order valence-corrected chi connectivity index (χ2v) is 6.53. The summed E-state index contributed by atoms with van der Waals surface area (Å²) < 4.78 is 10.4. The Morgan fingerprint density at radius 1 is 1.44 bits per heavy atom. The summed E-state index contributed by atoms with van der Waals surface area (Å²) in [5.41, 5.74) is 0.533. The molecule has 0 bridgehead atoms. The average molecular weight is 369 g/mol. The first-order chi connectivity index (χ1) is 12.0. The minimum atomic E-state index is -0.374. The number of halogens is 1. The largest absolute Gasteiger partial charge is 0.495 e. The molecule has 1 heterocycles. The Bertz CT molecular complexity index is 623. The summed E-state index contributed by atoms with van der Waals surface area (Å²) in [6.07, 6.45) is 1.66. The minimum absolute atomic E-state index is 0.162. The highest BCUT2D eigenvalue weighted by Crippen LogP contribution is 2.28. The highest BCUT2D eigenvalue weighted by molar-refractivity contribution is 6.31. The van der Waals surface area contributed by atoms with Gasteiger partial charge in [-0.05, 0) is 51.4 Å². The lowest BCUT2D eigenvalue weighted by Gasteiger charge is -2.35. The van der Waals surface area contributed by atoms with Gasteiger partial charge in [0.1, 0.15) is 5.75 Å². The van der Waals surface area contributed by atoms with Gasteiger partial charge in [-0.15, -0.1) is 0 Å². The first-order valence-electron chi connectivity index (χ1n) is 8.51. The molecule has 1 fully saturated rings. The molecule has 0 unspecified atom stereocenters. The van der Waals surface area contributed by atoms with Crippen LogP contribution in [0, 0.1) is 5.92 Å². The Morgan fingerprint density at radius 2 is 2.20 bits per heavy atom. The molecule has 2 atom stereocenters. The van der Waals surface area contributed by atoms with Gasteiger partial charge in [0, 0.05) is 11.6 Å². The summed E-state index contributed by atoms with van der Waals surface area (Å²) in [6.45, 7) is 5.31. The van der Waals surface area contributed by atoms with Crippen LogP contribution in [-0.2, 0) is 14.3 Å². The number of carbonyl (C=O) groups is 2. The maximum atomic E-state index is 12.6. The Kier molecular flexibility index (Phi) is 7.08. The predicted molar refractivity (Wildman–Crippen MR) is 97.0 cm³/mol. The summed E-state index contributed by atoms with van der Waals surface area (Å²) in [6, 6.07) is 4.69. The van der Waals surface area contributed by atoms with E-state index in [2.05, 4.69) is 5.32 Å². The quantitative estimate of drug-likeness (QED) is 0.782. The number of likely N-dealkylation sites (tertiary alicyclic amines) is 1. The van der Waals surface area contributed by atoms with Crippen molar-refractivity contribution in [3.63, 3.8) is 0 Å². The van der Waals surface area contributed by atoms with Crippen molar-refractivity contribution in [1.82, 2.24) is 4.90 Å². The van der Waals surface area contributed by atoms with E-state index in [1.807, 2.05) is 11.8 Å². The Morgan fingerprint density at radius 3 is 2.88 bits per heavy atom. The Balaban J connectivity index is 2.02. The van der Waals surface area contributed by atoms with Crippen LogP contribution in [0.3, 0.4) is 0 Å². The first-order valence-corrected chi connectivity index (χ1v) is 8.89. The van der Waals surface area contributed by atoms with E-state index in [4.69, 9.17) is 21.1 Å². The molecule has 2 rings (SSSR count). The van der Waals surface area contributed by atoms with Gasteiger partial charge in [-0.25, -0.2) is 0 Å². The first kappa shape index (κ1) is 19.5. The molecule has 6 nitrogen and oxygen atoms in total. The van der Waals surface area contributed by atoms with Crippen molar-refractivity contribution in [2.45, 2.75) is 32.7 Å². The van der Waals surface area contributed by atoms with Gasteiger partial charge >= 0.3 is 5.97 Å². The second kappa shape index (κ2) is 9.06. The molecule has 1 saturated heterocycles. The van der Waals surface area contributed by atoms with E-state index in [9.17, 15) is 9.59 Å². The summed E-state index contributed by atoms with van der Waals surface area (Å²) in [4.78, 5) is 26.6. The lowest BCUT2D eigenvalue weighted by atomic mass is 9.97. The molecule has 1 aliphatic heterocycles. The van der Waals surface area contributed by atoms with Gasteiger partial charge in [-0.2, -0.15) is 0 Å². The fourth-order valence-corrected chi connectivity index (χ4v) is 3.16. The highest BCUT2D eigenvalue weighted by Gasteiger charge is 2.31. The van der Waals surface area contributed by atoms with E-state index in [0.29, 0.717) is 29.6 Å². The zero-order valence-corrected chi connectivity index (χ0v) is 15.6. The van der Waals surface area contributed by atoms with Crippen LogP contribution in [0.15, 0.2) is 18.2 Å². The third-order valence-corrected chi connectivity index (χ3v) is 4.65. The van der Waals surface area contributed by atoms with Crippen molar-refractivity contribution >= 4 is 29.2 Å². The van der Waals surface area contributed by atoms with Crippen molar-refractivity contribution in [1.29, 1.82) is 0 Å². The molecule has 1 aromatic carbocycles. The number of amides is 1. The van der Waals surface area contributed by atoms with Crippen LogP contribution >= 0.6 is 11.6 Å². The van der Waals surface area contributed by atoms with Crippen molar-refractivity contribution < 1.29 is 19.1 Å². The molecular weight excluding hydrogens is 344 g/mol. The van der Waals surface area contributed by atoms with Crippen LogP contribution < -0.4 is 10.1 Å². The van der Waals surface area contributed by atoms with Gasteiger partial charge in [-0.3, -0.25) is 14.5 Å². The normalized spacial score (nSPS) is 19.1. The molecule has 0 radical (unpaired) electrons. The van der Waals surface area contributed by atoms with Gasteiger partial charge in [-0.1, -0.05) is 11.6 Å². The molecule has 0 aromatic heterocycles. The number of rotatable bonds is 6. The molecule has 0 aliphatic carbocycles. The average Bonchev–Trinajstić information content (AvgIpc) is 2.61. The van der Waals surface area contributed by atoms with E-state index in [1.54, 1.807) is 25.1 Å². The van der Waals surface area contributed by atoms with E-state index in [-0.39, 0.29) is 23.8 Å². The number of nitrogens with zero attached hydrogens (tertiary/aromatic N) is 1. The van der Waals surface area contributed by atoms with Crippen LogP contribution in [0.2, 0.25) is 5.02 Å². The van der Waals surface area contributed by atoms with Crippen LogP contribution in [-0.4, -0.2) is 49.6 Å². The van der Waals surface area contributed by atoms with Crippen LogP contribution in [0.4, 0.5) is 5.69 Å². The molecular formula is C18H25ClN2O4. The molecule has 1 aliphatic rings. The van der Waals surface area contributed by atoms with Gasteiger partial charge < -0.3 is 14.8 Å². The smallest absolute Gasteiger partial charge is 0.310 e. The zero-order valence-electron chi connectivity index (χ0n) is 14.9. The fourth-order valence-electron chi connectivity index (χ4n) is 2.99. The fraction of sp³-hybridized carbons (Fsp3) is 0.556. The summed E-state index contributed by atoms with van der Waals surface area (Å²) in [7, 11) is 1.54. The molecule has 1 N–H and O–H groups in total. The maximum absolute atomic E-state index is 12.6. The number of carbonyl (C=O) groups excluding carboxylic acids is 2. The van der Waals surface area contributed by atoms with Crippen molar-refractivity contribution in [2.24, 2.45) is 5.92 Å². The van der Waals surface area contributed by atoms with Gasteiger partial charge in [0.05, 0.1) is 31.4 Å². The molecule has 0 saturated carbocycles. The highest BCUT2D eigenvalue weighted by atomic mass is 35.5. The van der Waals surface area contributed by atoms with E-state index in [0.717, 1.165) is 19.4 Å². The standard InChI is InChI=1S/C18H25ClN2O4/c1-4-25-18(23)13-6-5-9-21(11-13)12(2)17(22)20-15-10-14(19)7-8-16(15)24-3/h7-8,10,12-13H,4-6,9,11H2,1-3H3,(H,20,22)/t12-,13+/m0/s1. The summed E-state index contributed by atoms with van der Waals surface area (Å²) >= 11 is 6.00. The van der Waals surface area contributed by atoms with Gasteiger partial charge in [0.15, 0.2) is 0 Å². The SMILES string of the molecule is CCOC(=O)[C@@H]1CCCN([C@@H](C)C(=O)Nc2cc(Cl)ccc2OC)C1. The van der Waals surface area contributed by atoms with Crippen molar-refractivity contribution in [3.8, 4) is 5.75 Å². The molecule has 0 spiro atoms. The molecule has 25 heavy (non-hydrogen) atoms. The van der Waals surface area contributed by atoms with Gasteiger partial charge in [0.2, 0.25) is 5.91 Å². The van der Waals surface area contributed by atoms with Gasteiger partial charge in [0.25, 0.3) is 0 Å². The number of ether oxygens (including phenoxy) is 2. The summed E-state index contributed by atoms with van der Waals surface area (Å²) in [5.74, 6) is 0.0269. The number of hydrogen-bond donors (Lipinski definition) is 1. The number of hydrogen-bond acceptors (Lipinski definition) is 5. The third kappa shape index (κ3) is 5.09.